The Kier molecular flexibility index (Phi) is 2.20. The average molecular weight is 171 g/mol. The van der Waals surface area contributed by atoms with Crippen molar-refractivity contribution in [2.24, 2.45) is 0 Å². The zero-order valence-corrected chi connectivity index (χ0v) is 5.60. The Morgan fingerprint density at radius 3 is 1.89 bits per heavy atom. The third kappa shape index (κ3) is 1.77. The molecule has 0 spiro atoms. The summed E-state index contributed by atoms with van der Waals surface area (Å²) in [5, 5.41) is 0. The van der Waals surface area contributed by atoms with Gasteiger partial charge in [0.1, 0.15) is 0 Å². The van der Waals surface area contributed by atoms with E-state index >= 15 is 0 Å². The molecule has 1 aromatic rings. The van der Waals surface area contributed by atoms with E-state index in [9.17, 15) is 7.10 Å². The van der Waals surface area contributed by atoms with E-state index in [0.29, 0.717) is 0 Å². The average Bonchev–Trinajstić information content (AvgIpc) is 1.90. The number of rotatable bonds is 1. The molecular formula is C6H5F2Fe. The van der Waals surface area contributed by atoms with Crippen molar-refractivity contribution in [1.82, 2.24) is 0 Å². The van der Waals surface area contributed by atoms with E-state index in [4.69, 9.17) is 0 Å². The molecule has 3 heteroatoms. The Labute approximate surface area is 57.3 Å². The predicted octanol–water partition coefficient (Wildman–Crippen LogP) is 1.70. The van der Waals surface area contributed by atoms with Gasteiger partial charge >= 0.3 is 56.7 Å². The van der Waals surface area contributed by atoms with Crippen LogP contribution in [-0.4, -0.2) is 0 Å². The van der Waals surface area contributed by atoms with Crippen LogP contribution in [0.1, 0.15) is 0 Å². The summed E-state index contributed by atoms with van der Waals surface area (Å²) < 4.78 is 23.9. The van der Waals surface area contributed by atoms with Crippen molar-refractivity contribution in [3.63, 3.8) is 0 Å². The predicted molar refractivity (Wildman–Crippen MR) is 28.3 cm³/mol. The van der Waals surface area contributed by atoms with Gasteiger partial charge < -0.3 is 0 Å². The molecule has 0 amide bonds. The van der Waals surface area contributed by atoms with Crippen LogP contribution in [0.5, 0.6) is 0 Å². The van der Waals surface area contributed by atoms with Gasteiger partial charge in [-0.25, -0.2) is 0 Å². The molecule has 0 N–H and O–H groups in total. The van der Waals surface area contributed by atoms with Crippen LogP contribution < -0.4 is 4.46 Å². The minimum atomic E-state index is -3.05. The molecule has 0 aromatic heterocycles. The van der Waals surface area contributed by atoms with Crippen LogP contribution in [0.25, 0.3) is 0 Å². The third-order valence-corrected chi connectivity index (χ3v) is 1.73. The summed E-state index contributed by atoms with van der Waals surface area (Å²) in [4.78, 5) is 0. The third-order valence-electron chi connectivity index (χ3n) is 0.879. The van der Waals surface area contributed by atoms with Crippen LogP contribution >= 0.6 is 0 Å². The number of hydrogen-bond donors (Lipinski definition) is 0. The first-order valence-electron chi connectivity index (χ1n) is 2.35. The van der Waals surface area contributed by atoms with Crippen LogP contribution in [-0.2, 0) is 14.8 Å². The quantitative estimate of drug-likeness (QED) is 0.564. The normalized spacial score (nSPS) is 11.1. The van der Waals surface area contributed by atoms with E-state index in [-0.39, 0.29) is 4.46 Å². The van der Waals surface area contributed by atoms with E-state index in [1.54, 1.807) is 18.2 Å². The second-order valence-electron chi connectivity index (χ2n) is 1.47. The van der Waals surface area contributed by atoms with Gasteiger partial charge in [0.05, 0.1) is 0 Å². The van der Waals surface area contributed by atoms with Gasteiger partial charge in [-0.05, 0) is 0 Å². The molecule has 0 saturated heterocycles. The molecule has 0 fully saturated rings. The summed E-state index contributed by atoms with van der Waals surface area (Å²) in [6.45, 7) is 0. The standard InChI is InChI=1S/C6H5.2FH.Fe/c1-2-4-6-5-3-1;;;/h1-5H;2*1H;/q;;;+2/p-2. The Bertz CT molecular complexity index is 174. The zero-order valence-electron chi connectivity index (χ0n) is 4.50. The van der Waals surface area contributed by atoms with E-state index in [1.165, 1.54) is 12.1 Å². The Morgan fingerprint density at radius 2 is 1.56 bits per heavy atom. The Morgan fingerprint density at radius 1 is 1.00 bits per heavy atom. The van der Waals surface area contributed by atoms with E-state index in [2.05, 4.69) is 0 Å². The van der Waals surface area contributed by atoms with Crippen molar-refractivity contribution in [1.29, 1.82) is 0 Å². The molecule has 51 valence electrons. The number of hydrogen-bond acceptors (Lipinski definition) is 0. The molecule has 0 unspecified atom stereocenters. The Hall–Kier alpha value is -0.401. The summed E-state index contributed by atoms with van der Waals surface area (Å²) >= 11 is -3.05. The van der Waals surface area contributed by atoms with Crippen LogP contribution in [0, 0.1) is 0 Å². The molecule has 0 radical (unpaired) electrons. The Balaban J connectivity index is 2.85. The molecule has 0 aliphatic carbocycles. The fraction of sp³-hybridized carbons (Fsp3) is 0. The summed E-state index contributed by atoms with van der Waals surface area (Å²) in [7, 11) is 0. The molecule has 0 heterocycles. The van der Waals surface area contributed by atoms with Gasteiger partial charge in [-0.15, -0.1) is 0 Å². The van der Waals surface area contributed by atoms with Crippen molar-refractivity contribution < 1.29 is 21.9 Å². The van der Waals surface area contributed by atoms with Gasteiger partial charge in [0, 0.05) is 0 Å². The second kappa shape index (κ2) is 2.95. The SMILES string of the molecule is [F][Fe]([F])[c]1ccccc1. The molecule has 0 saturated carbocycles. The van der Waals surface area contributed by atoms with Gasteiger partial charge in [-0.2, -0.15) is 0 Å². The van der Waals surface area contributed by atoms with Crippen LogP contribution in [0.15, 0.2) is 30.3 Å². The van der Waals surface area contributed by atoms with Crippen molar-refractivity contribution in [3.8, 4) is 0 Å². The van der Waals surface area contributed by atoms with E-state index < -0.39 is 14.8 Å². The second-order valence-corrected chi connectivity index (χ2v) is 2.68. The maximum absolute atomic E-state index is 11.9. The zero-order chi connectivity index (χ0) is 6.69. The molecule has 1 aromatic carbocycles. The number of halogens is 2. The van der Waals surface area contributed by atoms with Crippen molar-refractivity contribution in [3.05, 3.63) is 30.3 Å². The first-order valence-corrected chi connectivity index (χ1v) is 3.74. The topological polar surface area (TPSA) is 0 Å². The fourth-order valence-corrected chi connectivity index (χ4v) is 0.990. The van der Waals surface area contributed by atoms with Gasteiger partial charge in [-0.3, -0.25) is 0 Å². The van der Waals surface area contributed by atoms with Gasteiger partial charge in [0.25, 0.3) is 0 Å². The van der Waals surface area contributed by atoms with Gasteiger partial charge in [0.2, 0.25) is 0 Å². The molecule has 0 aliphatic rings. The van der Waals surface area contributed by atoms with E-state index in [0.717, 1.165) is 0 Å². The van der Waals surface area contributed by atoms with Crippen molar-refractivity contribution in [2.75, 3.05) is 0 Å². The molecule has 1 rings (SSSR count). The fourth-order valence-electron chi connectivity index (χ4n) is 0.499. The summed E-state index contributed by atoms with van der Waals surface area (Å²) in [6.07, 6.45) is 0. The summed E-state index contributed by atoms with van der Waals surface area (Å²) in [6, 6.07) is 7.86. The van der Waals surface area contributed by atoms with Gasteiger partial charge in [-0.1, -0.05) is 0 Å². The first-order chi connectivity index (χ1) is 4.30. The van der Waals surface area contributed by atoms with Gasteiger partial charge in [0.15, 0.2) is 0 Å². The van der Waals surface area contributed by atoms with Crippen molar-refractivity contribution in [2.45, 2.75) is 0 Å². The molecule has 0 atom stereocenters. The molecule has 9 heavy (non-hydrogen) atoms. The maximum atomic E-state index is 11.9. The molecule has 0 bridgehead atoms. The molecule has 0 aliphatic heterocycles. The minimum absolute atomic E-state index is 0.164. The number of benzene rings is 1. The summed E-state index contributed by atoms with van der Waals surface area (Å²) in [5.74, 6) is 0. The molecule has 0 nitrogen and oxygen atoms in total. The monoisotopic (exact) mass is 171 g/mol. The molecular weight excluding hydrogens is 166 g/mol. The van der Waals surface area contributed by atoms with Crippen LogP contribution in [0.4, 0.5) is 7.10 Å². The van der Waals surface area contributed by atoms with E-state index in [1.807, 2.05) is 0 Å². The van der Waals surface area contributed by atoms with Crippen molar-refractivity contribution >= 4 is 4.46 Å². The van der Waals surface area contributed by atoms with Crippen LogP contribution in [0.2, 0.25) is 0 Å². The first kappa shape index (κ1) is 6.72. The van der Waals surface area contributed by atoms with Crippen LogP contribution in [0.3, 0.4) is 0 Å². The summed E-state index contributed by atoms with van der Waals surface area (Å²) in [5.41, 5.74) is 0.